The molecule has 0 saturated heterocycles. The van der Waals surface area contributed by atoms with Crippen molar-refractivity contribution in [1.82, 2.24) is 5.32 Å². The number of halogens is 3. The van der Waals surface area contributed by atoms with Crippen LogP contribution in [0.25, 0.3) is 0 Å². The van der Waals surface area contributed by atoms with Crippen LogP contribution < -0.4 is 5.32 Å². The van der Waals surface area contributed by atoms with Gasteiger partial charge in [-0.1, -0.05) is 37.6 Å². The smallest absolute Gasteiger partial charge is 0.326 e. The Balaban J connectivity index is 3.10. The molecular formula is C16H20ClF2NO3. The maximum absolute atomic E-state index is 12.7. The van der Waals surface area contributed by atoms with Gasteiger partial charge < -0.3 is 10.4 Å². The van der Waals surface area contributed by atoms with Crippen molar-refractivity contribution in [2.24, 2.45) is 0 Å². The molecule has 1 amide bonds. The average molecular weight is 348 g/mol. The second-order valence-electron chi connectivity index (χ2n) is 5.29. The number of aliphatic carboxylic acids is 1. The van der Waals surface area contributed by atoms with Gasteiger partial charge in [-0.25, -0.2) is 13.6 Å². The third-order valence-corrected chi connectivity index (χ3v) is 4.31. The Kier molecular flexibility index (Phi) is 6.94. The molecule has 0 aromatic heterocycles. The van der Waals surface area contributed by atoms with Gasteiger partial charge in [-0.2, -0.15) is 0 Å². The molecule has 128 valence electrons. The fourth-order valence-corrected chi connectivity index (χ4v) is 2.70. The molecule has 0 fully saturated rings. The van der Waals surface area contributed by atoms with Crippen LogP contribution in [0.1, 0.15) is 38.7 Å². The van der Waals surface area contributed by atoms with Crippen molar-refractivity contribution in [3.8, 4) is 0 Å². The zero-order valence-corrected chi connectivity index (χ0v) is 13.7. The zero-order valence-electron chi connectivity index (χ0n) is 13.0. The third-order valence-electron chi connectivity index (χ3n) is 4.06. The van der Waals surface area contributed by atoms with Gasteiger partial charge in [-0.3, -0.25) is 4.79 Å². The molecule has 7 heteroatoms. The summed E-state index contributed by atoms with van der Waals surface area (Å²) in [5.41, 5.74) is -0.314. The predicted octanol–water partition coefficient (Wildman–Crippen LogP) is 3.62. The Morgan fingerprint density at radius 3 is 2.13 bits per heavy atom. The first-order valence-electron chi connectivity index (χ1n) is 7.34. The lowest BCUT2D eigenvalue weighted by Crippen LogP contribution is -2.51. The van der Waals surface area contributed by atoms with Gasteiger partial charge >= 0.3 is 5.97 Å². The van der Waals surface area contributed by atoms with E-state index in [-0.39, 0.29) is 0 Å². The summed E-state index contributed by atoms with van der Waals surface area (Å²) in [5.74, 6) is -2.05. The predicted molar refractivity (Wildman–Crippen MR) is 83.9 cm³/mol. The van der Waals surface area contributed by atoms with E-state index in [9.17, 15) is 18.4 Å². The number of alkyl halides is 2. The van der Waals surface area contributed by atoms with Crippen molar-refractivity contribution in [3.05, 3.63) is 34.9 Å². The van der Waals surface area contributed by atoms with Crippen molar-refractivity contribution in [2.75, 3.05) is 0 Å². The van der Waals surface area contributed by atoms with Gasteiger partial charge in [0, 0.05) is 11.4 Å². The molecule has 4 nitrogen and oxygen atoms in total. The summed E-state index contributed by atoms with van der Waals surface area (Å²) < 4.78 is 25.0. The van der Waals surface area contributed by atoms with Gasteiger partial charge in [0.2, 0.25) is 12.3 Å². The van der Waals surface area contributed by atoms with Gasteiger partial charge in [0.15, 0.2) is 0 Å². The number of rotatable bonds is 8. The number of carboxylic acids is 1. The molecule has 0 spiro atoms. The SMILES string of the molecule is CCC(CC)(C(=O)NC(CC(F)F)C(=O)O)c1ccc(Cl)cc1. The minimum atomic E-state index is -2.82. The van der Waals surface area contributed by atoms with Crippen LogP contribution in [0.5, 0.6) is 0 Å². The van der Waals surface area contributed by atoms with E-state index in [0.29, 0.717) is 23.4 Å². The molecule has 0 radical (unpaired) electrons. The van der Waals surface area contributed by atoms with Gasteiger partial charge in [0.1, 0.15) is 6.04 Å². The third kappa shape index (κ3) is 4.64. The fraction of sp³-hybridized carbons (Fsp3) is 0.500. The van der Waals surface area contributed by atoms with E-state index < -0.39 is 36.2 Å². The molecule has 2 N–H and O–H groups in total. The van der Waals surface area contributed by atoms with Crippen molar-refractivity contribution in [1.29, 1.82) is 0 Å². The van der Waals surface area contributed by atoms with E-state index in [0.717, 1.165) is 0 Å². The van der Waals surface area contributed by atoms with Gasteiger partial charge in [-0.15, -0.1) is 0 Å². The van der Waals surface area contributed by atoms with E-state index in [1.54, 1.807) is 38.1 Å². The first-order valence-corrected chi connectivity index (χ1v) is 7.72. The van der Waals surface area contributed by atoms with Crippen LogP contribution >= 0.6 is 11.6 Å². The Hall–Kier alpha value is -1.69. The second kappa shape index (κ2) is 8.24. The molecule has 1 atom stereocenters. The molecule has 0 saturated carbocycles. The van der Waals surface area contributed by atoms with Crippen molar-refractivity contribution < 1.29 is 23.5 Å². The number of hydrogen-bond donors (Lipinski definition) is 2. The molecule has 0 heterocycles. The first kappa shape index (κ1) is 19.4. The van der Waals surface area contributed by atoms with E-state index in [1.807, 2.05) is 0 Å². The number of benzene rings is 1. The molecule has 0 aliphatic carbocycles. The quantitative estimate of drug-likeness (QED) is 0.754. The van der Waals surface area contributed by atoms with Crippen LogP contribution in [0, 0.1) is 0 Å². The number of amides is 1. The number of hydrogen-bond acceptors (Lipinski definition) is 2. The average Bonchev–Trinajstić information content (AvgIpc) is 2.49. The summed E-state index contributed by atoms with van der Waals surface area (Å²) in [5, 5.41) is 11.8. The first-order chi connectivity index (χ1) is 10.8. The standard InChI is InChI=1S/C16H20ClF2NO3/c1-3-16(4-2,10-5-7-11(17)8-6-10)15(23)20-12(14(21)22)9-13(18)19/h5-8,12-13H,3-4,9H2,1-2H3,(H,20,23)(H,21,22). The van der Waals surface area contributed by atoms with Crippen LogP contribution in [0.3, 0.4) is 0 Å². The molecule has 23 heavy (non-hydrogen) atoms. The van der Waals surface area contributed by atoms with Crippen molar-refractivity contribution in [2.45, 2.75) is 51.0 Å². The highest BCUT2D eigenvalue weighted by Gasteiger charge is 2.39. The van der Waals surface area contributed by atoms with Gasteiger partial charge in [-0.05, 0) is 30.5 Å². The molecule has 0 bridgehead atoms. The highest BCUT2D eigenvalue weighted by atomic mass is 35.5. The molecule has 0 aliphatic heterocycles. The summed E-state index contributed by atoms with van der Waals surface area (Å²) in [6, 6.07) is 5.04. The molecular weight excluding hydrogens is 328 g/mol. The lowest BCUT2D eigenvalue weighted by atomic mass is 9.75. The lowest BCUT2D eigenvalue weighted by Gasteiger charge is -2.32. The largest absolute Gasteiger partial charge is 0.480 e. The van der Waals surface area contributed by atoms with Gasteiger partial charge in [0.25, 0.3) is 0 Å². The fourth-order valence-electron chi connectivity index (χ4n) is 2.58. The Morgan fingerprint density at radius 2 is 1.74 bits per heavy atom. The normalized spacial score (nSPS) is 13.0. The van der Waals surface area contributed by atoms with Crippen LogP contribution in [0.4, 0.5) is 8.78 Å². The maximum atomic E-state index is 12.7. The van der Waals surface area contributed by atoms with Crippen molar-refractivity contribution >= 4 is 23.5 Å². The minimum absolute atomic E-state index is 0.401. The highest BCUT2D eigenvalue weighted by Crippen LogP contribution is 2.33. The zero-order chi connectivity index (χ0) is 17.6. The highest BCUT2D eigenvalue weighted by molar-refractivity contribution is 6.30. The topological polar surface area (TPSA) is 66.4 Å². The second-order valence-corrected chi connectivity index (χ2v) is 5.72. The molecule has 1 unspecified atom stereocenters. The molecule has 0 aliphatic rings. The molecule has 1 aromatic rings. The number of carbonyl (C=O) groups is 2. The van der Waals surface area contributed by atoms with Gasteiger partial charge in [0.05, 0.1) is 5.41 Å². The van der Waals surface area contributed by atoms with Crippen LogP contribution in [-0.4, -0.2) is 29.5 Å². The van der Waals surface area contributed by atoms with Crippen molar-refractivity contribution in [3.63, 3.8) is 0 Å². The summed E-state index contributed by atoms with van der Waals surface area (Å²) in [6.07, 6.45) is -2.94. The van der Waals surface area contributed by atoms with E-state index in [2.05, 4.69) is 5.32 Å². The maximum Gasteiger partial charge on any atom is 0.326 e. The van der Waals surface area contributed by atoms with Crippen LogP contribution in [0.15, 0.2) is 24.3 Å². The van der Waals surface area contributed by atoms with E-state index in [4.69, 9.17) is 16.7 Å². The summed E-state index contributed by atoms with van der Waals surface area (Å²) in [4.78, 5) is 23.7. The number of carbonyl (C=O) groups excluding carboxylic acids is 1. The van der Waals surface area contributed by atoms with E-state index in [1.165, 1.54) is 0 Å². The summed E-state index contributed by atoms with van der Waals surface area (Å²) >= 11 is 5.85. The van der Waals surface area contributed by atoms with Crippen LogP contribution in [0.2, 0.25) is 5.02 Å². The minimum Gasteiger partial charge on any atom is -0.480 e. The Bertz CT molecular complexity index is 545. The molecule has 1 rings (SSSR count). The monoisotopic (exact) mass is 347 g/mol. The van der Waals surface area contributed by atoms with E-state index >= 15 is 0 Å². The summed E-state index contributed by atoms with van der Waals surface area (Å²) in [7, 11) is 0. The number of carboxylic acid groups (broad SMARTS) is 1. The lowest BCUT2D eigenvalue weighted by molar-refractivity contribution is -0.144. The summed E-state index contributed by atoms with van der Waals surface area (Å²) in [6.45, 7) is 3.58. The van der Waals surface area contributed by atoms with Crippen LogP contribution in [-0.2, 0) is 15.0 Å². The number of nitrogens with one attached hydrogen (secondary N) is 1. The Labute approximate surface area is 138 Å². The molecule has 1 aromatic carbocycles. The Morgan fingerprint density at radius 1 is 1.22 bits per heavy atom.